The Morgan fingerprint density at radius 1 is 1.50 bits per heavy atom. The first-order chi connectivity index (χ1) is 7.39. The van der Waals surface area contributed by atoms with Crippen molar-refractivity contribution >= 4 is 15.8 Å². The highest BCUT2D eigenvalue weighted by atomic mass is 32.2. The molecule has 1 atom stereocenters. The van der Waals surface area contributed by atoms with Crippen molar-refractivity contribution in [2.24, 2.45) is 0 Å². The standard InChI is InChI=1S/C9H10N2O4S/c1-5(9(12)13)8-10-2-6-3-16(14,15)4-7(6)11-8/h2,5H,3-4H2,1H3,(H,12,13). The van der Waals surface area contributed by atoms with Crippen LogP contribution in [0.25, 0.3) is 0 Å². The van der Waals surface area contributed by atoms with E-state index in [2.05, 4.69) is 9.97 Å². The minimum absolute atomic E-state index is 0.0515. The molecule has 1 aromatic heterocycles. The third kappa shape index (κ3) is 1.90. The molecule has 0 saturated heterocycles. The van der Waals surface area contributed by atoms with Crippen LogP contribution in [0.4, 0.5) is 0 Å². The Balaban J connectivity index is 2.40. The lowest BCUT2D eigenvalue weighted by atomic mass is 10.1. The third-order valence-corrected chi connectivity index (χ3v) is 3.93. The number of carboxylic acids is 1. The van der Waals surface area contributed by atoms with Gasteiger partial charge in [0.2, 0.25) is 0 Å². The molecule has 0 amide bonds. The molecule has 0 saturated carbocycles. The number of sulfone groups is 1. The second-order valence-electron chi connectivity index (χ2n) is 3.79. The zero-order valence-electron chi connectivity index (χ0n) is 8.54. The molecule has 1 aliphatic heterocycles. The van der Waals surface area contributed by atoms with Crippen LogP contribution >= 0.6 is 0 Å². The Kier molecular flexibility index (Phi) is 2.42. The van der Waals surface area contributed by atoms with Gasteiger partial charge in [-0.05, 0) is 6.92 Å². The van der Waals surface area contributed by atoms with Gasteiger partial charge in [-0.3, -0.25) is 4.79 Å². The maximum absolute atomic E-state index is 11.3. The molecule has 7 heteroatoms. The Labute approximate surface area is 92.3 Å². The molecule has 1 aromatic rings. The number of hydrogen-bond donors (Lipinski definition) is 1. The van der Waals surface area contributed by atoms with Gasteiger partial charge in [0, 0.05) is 11.8 Å². The summed E-state index contributed by atoms with van der Waals surface area (Å²) in [6.45, 7) is 1.47. The summed E-state index contributed by atoms with van der Waals surface area (Å²) in [5.41, 5.74) is 0.999. The number of fused-ring (bicyclic) bond motifs is 1. The first-order valence-electron chi connectivity index (χ1n) is 4.67. The topological polar surface area (TPSA) is 97.2 Å². The Morgan fingerprint density at radius 3 is 2.81 bits per heavy atom. The highest BCUT2D eigenvalue weighted by molar-refractivity contribution is 7.90. The van der Waals surface area contributed by atoms with Crippen LogP contribution in [0.15, 0.2) is 6.20 Å². The molecule has 6 nitrogen and oxygen atoms in total. The Bertz CT molecular complexity index is 553. The van der Waals surface area contributed by atoms with Crippen LogP contribution in [-0.2, 0) is 26.1 Å². The molecule has 0 bridgehead atoms. The number of carbonyl (C=O) groups is 1. The van der Waals surface area contributed by atoms with E-state index in [0.717, 1.165) is 0 Å². The van der Waals surface area contributed by atoms with Gasteiger partial charge in [-0.2, -0.15) is 0 Å². The Morgan fingerprint density at radius 2 is 2.19 bits per heavy atom. The average molecular weight is 242 g/mol. The van der Waals surface area contributed by atoms with Crippen molar-refractivity contribution in [2.75, 3.05) is 0 Å². The highest BCUT2D eigenvalue weighted by Gasteiger charge is 2.28. The fraction of sp³-hybridized carbons (Fsp3) is 0.444. The van der Waals surface area contributed by atoms with E-state index in [9.17, 15) is 13.2 Å². The van der Waals surface area contributed by atoms with Crippen LogP contribution in [0, 0.1) is 0 Å². The van der Waals surface area contributed by atoms with Crippen molar-refractivity contribution in [2.45, 2.75) is 24.3 Å². The van der Waals surface area contributed by atoms with Gasteiger partial charge < -0.3 is 5.11 Å². The van der Waals surface area contributed by atoms with Crippen molar-refractivity contribution < 1.29 is 18.3 Å². The minimum atomic E-state index is -3.12. The van der Waals surface area contributed by atoms with Crippen LogP contribution in [0.3, 0.4) is 0 Å². The van der Waals surface area contributed by atoms with Crippen molar-refractivity contribution in [1.82, 2.24) is 9.97 Å². The van der Waals surface area contributed by atoms with Gasteiger partial charge in [0.25, 0.3) is 0 Å². The number of hydrogen-bond acceptors (Lipinski definition) is 5. The average Bonchev–Trinajstić information content (AvgIpc) is 2.48. The predicted octanol–water partition coefficient (Wildman–Crippen LogP) is 0.0931. The highest BCUT2D eigenvalue weighted by Crippen LogP contribution is 2.23. The smallest absolute Gasteiger partial charge is 0.313 e. The second-order valence-corrected chi connectivity index (χ2v) is 5.86. The fourth-order valence-electron chi connectivity index (χ4n) is 1.52. The summed E-state index contributed by atoms with van der Waals surface area (Å²) >= 11 is 0. The molecule has 16 heavy (non-hydrogen) atoms. The molecular weight excluding hydrogens is 232 g/mol. The normalized spacial score (nSPS) is 19.1. The van der Waals surface area contributed by atoms with Crippen LogP contribution < -0.4 is 0 Å². The van der Waals surface area contributed by atoms with E-state index in [0.29, 0.717) is 11.3 Å². The maximum Gasteiger partial charge on any atom is 0.313 e. The van der Waals surface area contributed by atoms with Gasteiger partial charge in [0.1, 0.15) is 11.7 Å². The lowest BCUT2D eigenvalue weighted by Gasteiger charge is -2.05. The zero-order chi connectivity index (χ0) is 11.9. The molecule has 2 rings (SSSR count). The van der Waals surface area contributed by atoms with Crippen LogP contribution in [0.5, 0.6) is 0 Å². The summed E-state index contributed by atoms with van der Waals surface area (Å²) in [6.07, 6.45) is 1.40. The SMILES string of the molecule is CC(C(=O)O)c1ncc2c(n1)CS(=O)(=O)C2. The number of nitrogens with zero attached hydrogens (tertiary/aromatic N) is 2. The van der Waals surface area contributed by atoms with E-state index in [1.54, 1.807) is 0 Å². The summed E-state index contributed by atoms with van der Waals surface area (Å²) in [7, 11) is -3.12. The maximum atomic E-state index is 11.3. The first-order valence-corrected chi connectivity index (χ1v) is 6.49. The zero-order valence-corrected chi connectivity index (χ0v) is 9.36. The fourth-order valence-corrected chi connectivity index (χ4v) is 3.00. The molecule has 86 valence electrons. The molecular formula is C9H10N2O4S. The predicted molar refractivity (Wildman–Crippen MR) is 54.4 cm³/mol. The molecule has 0 aromatic carbocycles. The number of carboxylic acid groups (broad SMARTS) is 1. The summed E-state index contributed by atoms with van der Waals surface area (Å²) < 4.78 is 22.6. The molecule has 1 unspecified atom stereocenters. The second kappa shape index (κ2) is 3.51. The number of aliphatic carboxylic acids is 1. The molecule has 1 aliphatic rings. The van der Waals surface area contributed by atoms with Crippen LogP contribution in [-0.4, -0.2) is 29.5 Å². The van der Waals surface area contributed by atoms with Gasteiger partial charge >= 0.3 is 5.97 Å². The van der Waals surface area contributed by atoms with Crippen molar-refractivity contribution in [1.29, 1.82) is 0 Å². The summed E-state index contributed by atoms with van der Waals surface area (Å²) in [5.74, 6) is -1.87. The number of aromatic nitrogens is 2. The van der Waals surface area contributed by atoms with Gasteiger partial charge in [0.15, 0.2) is 9.84 Å². The molecule has 1 N–H and O–H groups in total. The molecule has 2 heterocycles. The summed E-state index contributed by atoms with van der Waals surface area (Å²) in [5, 5.41) is 8.79. The first kappa shape index (κ1) is 11.0. The van der Waals surface area contributed by atoms with E-state index in [4.69, 9.17) is 5.11 Å². The Hall–Kier alpha value is -1.50. The monoisotopic (exact) mass is 242 g/mol. The van der Waals surface area contributed by atoms with Crippen molar-refractivity contribution in [3.63, 3.8) is 0 Å². The van der Waals surface area contributed by atoms with Gasteiger partial charge in [-0.25, -0.2) is 18.4 Å². The van der Waals surface area contributed by atoms with E-state index in [1.165, 1.54) is 13.1 Å². The largest absolute Gasteiger partial charge is 0.481 e. The van der Waals surface area contributed by atoms with E-state index in [1.807, 2.05) is 0 Å². The van der Waals surface area contributed by atoms with Crippen molar-refractivity contribution in [3.05, 3.63) is 23.3 Å². The van der Waals surface area contributed by atoms with Crippen molar-refractivity contribution in [3.8, 4) is 0 Å². The summed E-state index contributed by atoms with van der Waals surface area (Å²) in [4.78, 5) is 18.6. The van der Waals surface area contributed by atoms with Crippen LogP contribution in [0.2, 0.25) is 0 Å². The molecule has 0 radical (unpaired) electrons. The van der Waals surface area contributed by atoms with E-state index in [-0.39, 0.29) is 17.3 Å². The molecule has 0 aliphatic carbocycles. The lowest BCUT2D eigenvalue weighted by molar-refractivity contribution is -0.138. The molecule has 0 fully saturated rings. The van der Waals surface area contributed by atoms with Gasteiger partial charge in [-0.15, -0.1) is 0 Å². The minimum Gasteiger partial charge on any atom is -0.481 e. The summed E-state index contributed by atoms with van der Waals surface area (Å²) in [6, 6.07) is 0. The molecule has 0 spiro atoms. The van der Waals surface area contributed by atoms with E-state index >= 15 is 0 Å². The quantitative estimate of drug-likeness (QED) is 0.789. The number of rotatable bonds is 2. The van der Waals surface area contributed by atoms with Crippen LogP contribution in [0.1, 0.15) is 29.9 Å². The van der Waals surface area contributed by atoms with E-state index < -0.39 is 21.7 Å². The van der Waals surface area contributed by atoms with Gasteiger partial charge in [0.05, 0.1) is 17.2 Å². The van der Waals surface area contributed by atoms with Gasteiger partial charge in [-0.1, -0.05) is 0 Å². The lowest BCUT2D eigenvalue weighted by Crippen LogP contribution is -2.12. The third-order valence-electron chi connectivity index (χ3n) is 2.46.